The molecule has 0 radical (unpaired) electrons. The molecule has 5 heterocycles. The predicted octanol–water partition coefficient (Wildman–Crippen LogP) is 16.0. The summed E-state index contributed by atoms with van der Waals surface area (Å²) in [7, 11) is 4.37. The molecule has 82 heavy (non-hydrogen) atoms. The Hall–Kier alpha value is -2.06. The van der Waals surface area contributed by atoms with Crippen LogP contribution in [0.15, 0.2) is 39.9 Å². The molecule has 12 heteroatoms. The molecule has 0 aromatic carbocycles. The number of nitrogens with one attached hydrogen (secondary N) is 4. The van der Waals surface area contributed by atoms with Gasteiger partial charge in [-0.2, -0.15) is 0 Å². The van der Waals surface area contributed by atoms with Crippen molar-refractivity contribution in [3.8, 4) is 0 Å². The van der Waals surface area contributed by atoms with Crippen LogP contribution in [0.2, 0.25) is 4.34 Å². The highest BCUT2D eigenvalue weighted by Crippen LogP contribution is 2.59. The maximum atomic E-state index is 9.60. The Morgan fingerprint density at radius 1 is 0.561 bits per heavy atom. The number of rotatable bonds is 12. The fourth-order valence-corrected chi connectivity index (χ4v) is 26.5. The first-order valence-corrected chi connectivity index (χ1v) is 36.9. The molecule has 5 aromatic rings. The Morgan fingerprint density at radius 3 is 1.49 bits per heavy atom. The van der Waals surface area contributed by atoms with Gasteiger partial charge in [0.1, 0.15) is 5.82 Å². The van der Waals surface area contributed by atoms with Crippen LogP contribution in [0.5, 0.6) is 0 Å². The van der Waals surface area contributed by atoms with Gasteiger partial charge >= 0.3 is 0 Å². The zero-order valence-corrected chi connectivity index (χ0v) is 53.1. The van der Waals surface area contributed by atoms with Crippen molar-refractivity contribution >= 4 is 72.9 Å². The van der Waals surface area contributed by atoms with E-state index in [1.807, 2.05) is 11.3 Å². The summed E-state index contributed by atoms with van der Waals surface area (Å²) in [6.07, 6.45) is 43.6. The Kier molecular flexibility index (Phi) is 14.8. The van der Waals surface area contributed by atoms with E-state index in [4.69, 9.17) is 16.6 Å². The predicted molar refractivity (Wildman–Crippen MR) is 342 cm³/mol. The largest absolute Gasteiger partial charge is 0.393 e. The molecule has 5 aromatic heterocycles. The number of thiophene rings is 3. The van der Waals surface area contributed by atoms with Crippen molar-refractivity contribution in [2.45, 2.75) is 228 Å². The average molecular weight is 1190 g/mol. The third-order valence-electron chi connectivity index (χ3n) is 25.6. The van der Waals surface area contributed by atoms with Crippen LogP contribution < -0.4 is 21.3 Å². The number of halogens is 1. The lowest BCUT2D eigenvalue weighted by atomic mass is 9.53. The van der Waals surface area contributed by atoms with Crippen LogP contribution >= 0.6 is 45.6 Å². The zero-order valence-electron chi connectivity index (χ0n) is 49.9. The fraction of sp³-hybridized carbons (Fsp3) is 0.757. The molecule has 0 saturated heterocycles. The van der Waals surface area contributed by atoms with E-state index in [1.165, 1.54) is 211 Å². The first-order valence-electron chi connectivity index (χ1n) is 33.8. The highest BCUT2D eigenvalue weighted by atomic mass is 35.5. The molecular weight excluding hydrogens is 1090 g/mol. The molecule has 444 valence electrons. The van der Waals surface area contributed by atoms with Gasteiger partial charge in [-0.05, 0) is 292 Å². The van der Waals surface area contributed by atoms with Crippen molar-refractivity contribution < 1.29 is 5.11 Å². The molecule has 17 fully saturated rings. The summed E-state index contributed by atoms with van der Waals surface area (Å²) in [4.78, 5) is 6.26. The summed E-state index contributed by atoms with van der Waals surface area (Å²) in [6, 6.07) is 6.75. The van der Waals surface area contributed by atoms with Gasteiger partial charge in [-0.15, -0.1) is 34.0 Å². The zero-order chi connectivity index (χ0) is 55.0. The molecule has 23 rings (SSSR count). The van der Waals surface area contributed by atoms with Crippen molar-refractivity contribution in [3.05, 3.63) is 66.2 Å². The van der Waals surface area contributed by atoms with Crippen molar-refractivity contribution in [2.75, 3.05) is 13.1 Å². The normalized spacial score (nSPS) is 41.6. The Balaban J connectivity index is 0.0000000901. The maximum absolute atomic E-state index is 9.60. The monoisotopic (exact) mass is 1180 g/mol. The summed E-state index contributed by atoms with van der Waals surface area (Å²) in [5, 5.41) is 32.2. The van der Waals surface area contributed by atoms with Crippen LogP contribution in [0.3, 0.4) is 0 Å². The number of nitrogens with zero attached hydrogens (tertiary/aromatic N) is 3. The molecule has 0 unspecified atom stereocenters. The summed E-state index contributed by atoms with van der Waals surface area (Å²) >= 11 is 11.4. The molecule has 18 aliphatic rings. The lowest BCUT2D eigenvalue weighted by Gasteiger charge is -2.57. The molecule has 0 aliphatic heterocycles. The minimum Gasteiger partial charge on any atom is -0.393 e. The van der Waals surface area contributed by atoms with Crippen molar-refractivity contribution in [3.63, 3.8) is 0 Å². The highest BCUT2D eigenvalue weighted by Gasteiger charge is 2.54. The maximum Gasteiger partial charge on any atom is 0.123 e. The summed E-state index contributed by atoms with van der Waals surface area (Å²) < 4.78 is 7.00. The highest BCUT2D eigenvalue weighted by molar-refractivity contribution is 7.17. The fourth-order valence-electron chi connectivity index (χ4n) is 23.5. The molecule has 0 atom stereocenters. The van der Waals surface area contributed by atoms with E-state index in [0.717, 1.165) is 126 Å². The molecule has 0 spiro atoms. The van der Waals surface area contributed by atoms with E-state index < -0.39 is 0 Å². The van der Waals surface area contributed by atoms with Crippen LogP contribution in [0, 0.1) is 76.9 Å². The number of aliphatic hydroxyl groups excluding tert-OH is 1. The molecular formula is C70H98ClN7OS3. The molecule has 8 nitrogen and oxygen atoms in total. The number of aryl methyl sites for hydroxylation is 2. The van der Waals surface area contributed by atoms with Gasteiger partial charge < -0.3 is 35.5 Å². The SMILES string of the molecule is Clc1cc2c(s1)CC(CNC13CC4CC(CC(C4)C1)C3)=C2.Cn1c(CNC23CC4CC(CC(C4)C2)C3)cc2sccc21.Cn1c(CNC23CC4CC(CC(C4)C2)C3)nc2cscc21.OC1CCC(CNC23CC4CC(CC(C4)C2)C3)CC1. The minimum atomic E-state index is -0.00389. The lowest BCUT2D eigenvalue weighted by Crippen LogP contribution is -2.59. The number of imidazole rings is 1. The number of hydrogen-bond donors (Lipinski definition) is 5. The minimum absolute atomic E-state index is 0.00389. The van der Waals surface area contributed by atoms with Crippen molar-refractivity contribution in [1.29, 1.82) is 0 Å². The van der Waals surface area contributed by atoms with Gasteiger partial charge in [-0.1, -0.05) is 23.3 Å². The van der Waals surface area contributed by atoms with Gasteiger partial charge in [-0.3, -0.25) is 0 Å². The molecule has 16 bridgehead atoms. The van der Waals surface area contributed by atoms with Gasteiger partial charge in [0.25, 0.3) is 0 Å². The second-order valence-electron chi connectivity index (χ2n) is 31.9. The first-order chi connectivity index (χ1) is 39.8. The van der Waals surface area contributed by atoms with E-state index >= 15 is 0 Å². The molecule has 5 N–H and O–H groups in total. The average Bonchev–Trinajstić information content (AvgIpc) is 4.52. The summed E-state index contributed by atoms with van der Waals surface area (Å²) in [6.45, 7) is 4.29. The molecule has 0 amide bonds. The number of aromatic nitrogens is 3. The van der Waals surface area contributed by atoms with Gasteiger partial charge in [0.15, 0.2) is 0 Å². The first kappa shape index (κ1) is 55.3. The third-order valence-corrected chi connectivity index (χ3v) is 28.5. The summed E-state index contributed by atoms with van der Waals surface area (Å²) in [5.74, 6) is 14.4. The van der Waals surface area contributed by atoms with Gasteiger partial charge in [0.2, 0.25) is 0 Å². The molecule has 17 saturated carbocycles. The topological polar surface area (TPSA) is 91.1 Å². The quantitative estimate of drug-likeness (QED) is 0.0855. The molecule has 18 aliphatic carbocycles. The van der Waals surface area contributed by atoms with Crippen LogP contribution in [0.1, 0.15) is 202 Å². The van der Waals surface area contributed by atoms with Gasteiger partial charge in [0, 0.05) is 77.1 Å². The lowest BCUT2D eigenvalue weighted by molar-refractivity contribution is -0.0227. The smallest absolute Gasteiger partial charge is 0.123 e. The van der Waals surface area contributed by atoms with E-state index in [2.05, 4.69) is 84.9 Å². The van der Waals surface area contributed by atoms with Crippen LogP contribution in [-0.4, -0.2) is 60.6 Å². The second kappa shape index (κ2) is 21.9. The van der Waals surface area contributed by atoms with E-state index in [1.54, 1.807) is 28.2 Å². The van der Waals surface area contributed by atoms with Crippen molar-refractivity contribution in [2.24, 2.45) is 91.0 Å². The number of fused-ring (bicyclic) bond motifs is 3. The van der Waals surface area contributed by atoms with E-state index in [0.29, 0.717) is 22.2 Å². The van der Waals surface area contributed by atoms with Gasteiger partial charge in [0.05, 0.1) is 38.2 Å². The standard InChI is InChI=1S/C18H22ClNS.C18H24N2S.C17H23N3S.C17H29NO/c19-17-6-15-4-14(5-16(15)21-17)10-20-18-7-11-1-12(8-18)3-13(2-11)9-18;1-20-15(7-17-16(20)2-3-21-17)11-19-18-8-12-4-13(9-18)6-14(5-12)10-18;1-20-15-10-21-9-14(15)19-16(20)8-18-17-5-11-2-12(6-17)4-13(3-11)7-17;19-16-3-1-12(2-4-16)11-18-17-8-13-5-14(9-17)7-15(6-13)10-17/h4,6,11-13,20H,1-3,5,7-10H2;2-3,7,12-14,19H,4-6,8-11H2,1H3;9-13,18H,2-8H2,1H3;12-16,18-19H,1-11H2. The Bertz CT molecular complexity index is 2870. The van der Waals surface area contributed by atoms with Crippen LogP contribution in [-0.2, 0) is 33.6 Å². The van der Waals surface area contributed by atoms with Crippen LogP contribution in [0.25, 0.3) is 27.3 Å². The second-order valence-corrected chi connectivity index (χ2v) is 35.4. The Morgan fingerprint density at radius 2 is 1.02 bits per heavy atom. The number of hydrogen-bond acceptors (Lipinski definition) is 9. The van der Waals surface area contributed by atoms with E-state index in [-0.39, 0.29) is 6.10 Å². The van der Waals surface area contributed by atoms with Crippen LogP contribution in [0.4, 0.5) is 0 Å². The number of aliphatic hydroxyl groups is 1. The summed E-state index contributed by atoms with van der Waals surface area (Å²) in [5.41, 5.74) is 10.1. The third kappa shape index (κ3) is 11.1. The van der Waals surface area contributed by atoms with E-state index in [9.17, 15) is 5.11 Å². The van der Waals surface area contributed by atoms with Crippen molar-refractivity contribution in [1.82, 2.24) is 35.4 Å². The van der Waals surface area contributed by atoms with Gasteiger partial charge in [-0.25, -0.2) is 4.98 Å². The Labute approximate surface area is 508 Å².